The fourth-order valence-electron chi connectivity index (χ4n) is 1.25. The molecule has 0 amide bonds. The van der Waals surface area contributed by atoms with E-state index in [-0.39, 0.29) is 10.6 Å². The van der Waals surface area contributed by atoms with Crippen LogP contribution in [-0.4, -0.2) is 10.1 Å². The van der Waals surface area contributed by atoms with E-state index in [4.69, 9.17) is 0 Å². The van der Waals surface area contributed by atoms with Crippen molar-refractivity contribution in [2.75, 3.05) is 0 Å². The number of hydrogen-bond acceptors (Lipinski definition) is 3. The summed E-state index contributed by atoms with van der Waals surface area (Å²) >= 11 is 1.10. The van der Waals surface area contributed by atoms with Gasteiger partial charge in [0.05, 0.1) is 9.88 Å². The van der Waals surface area contributed by atoms with Gasteiger partial charge in [-0.3, -0.25) is 4.79 Å². The Hall–Kier alpha value is -1.81. The summed E-state index contributed by atoms with van der Waals surface area (Å²) < 4.78 is 0.783. The van der Waals surface area contributed by atoms with Crippen LogP contribution in [0.25, 0.3) is 12.7 Å². The summed E-state index contributed by atoms with van der Waals surface area (Å²) in [6, 6.07) is 6.83. The fourth-order valence-corrected chi connectivity index (χ4v) is 2.00. The summed E-state index contributed by atoms with van der Waals surface area (Å²) in [5.41, 5.74) is 0.843. The summed E-state index contributed by atoms with van der Waals surface area (Å²) in [5, 5.41) is 9.87. The highest BCUT2D eigenvalue weighted by Gasteiger charge is 1.93. The van der Waals surface area contributed by atoms with Crippen molar-refractivity contribution in [2.24, 2.45) is 0 Å². The molecule has 2 N–H and O–H groups in total. The van der Waals surface area contributed by atoms with Gasteiger partial charge in [0.15, 0.2) is 0 Å². The van der Waals surface area contributed by atoms with Crippen LogP contribution in [0, 0.1) is 0 Å². The molecule has 2 rings (SSSR count). The van der Waals surface area contributed by atoms with E-state index < -0.39 is 0 Å². The van der Waals surface area contributed by atoms with E-state index in [1.165, 1.54) is 0 Å². The van der Waals surface area contributed by atoms with Gasteiger partial charge in [0, 0.05) is 0 Å². The number of aromatic hydroxyl groups is 1. The zero-order valence-electron chi connectivity index (χ0n) is 7.86. The number of phenolic OH excluding ortho intramolecular Hbond substituents is 1. The molecular formula is C11H9NO2S. The van der Waals surface area contributed by atoms with Crippen LogP contribution in [0.1, 0.15) is 5.56 Å². The molecule has 0 fully saturated rings. The molecule has 1 aromatic carbocycles. The van der Waals surface area contributed by atoms with E-state index in [1.807, 2.05) is 12.1 Å². The molecule has 4 heteroatoms. The van der Waals surface area contributed by atoms with Crippen LogP contribution in [-0.2, 0) is 0 Å². The molecule has 0 aliphatic rings. The molecule has 0 saturated carbocycles. The largest absolute Gasteiger partial charge is 0.508 e. The molecule has 2 aromatic rings. The molecule has 0 unspecified atom stereocenters. The van der Waals surface area contributed by atoms with Crippen LogP contribution in [0.2, 0.25) is 0 Å². The van der Waals surface area contributed by atoms with Crippen LogP contribution >= 0.6 is 11.3 Å². The van der Waals surface area contributed by atoms with Crippen molar-refractivity contribution in [3.05, 3.63) is 49.4 Å². The monoisotopic (exact) mass is 219 g/mol. The molecule has 0 bridgehead atoms. The highest BCUT2D eigenvalue weighted by atomic mass is 32.1. The van der Waals surface area contributed by atoms with Crippen LogP contribution in [0.3, 0.4) is 0 Å². The van der Waals surface area contributed by atoms with Crippen LogP contribution in [0.15, 0.2) is 29.1 Å². The zero-order valence-corrected chi connectivity index (χ0v) is 8.67. The maximum absolute atomic E-state index is 11.0. The zero-order chi connectivity index (χ0) is 10.8. The van der Waals surface area contributed by atoms with E-state index >= 15 is 0 Å². The summed E-state index contributed by atoms with van der Waals surface area (Å²) in [6.07, 6.45) is 1.81. The molecule has 0 aliphatic heterocycles. The Bertz CT molecular complexity index is 639. The van der Waals surface area contributed by atoms with E-state index in [9.17, 15) is 9.90 Å². The predicted octanol–water partition coefficient (Wildman–Crippen LogP) is 0.381. The van der Waals surface area contributed by atoms with E-state index in [1.54, 1.807) is 18.2 Å². The topological polar surface area (TPSA) is 53.1 Å². The lowest BCUT2D eigenvalue weighted by Gasteiger charge is -1.92. The molecule has 76 valence electrons. The average Bonchev–Trinajstić information content (AvgIpc) is 2.45. The summed E-state index contributed by atoms with van der Waals surface area (Å²) in [5.74, 6) is 0.206. The van der Waals surface area contributed by atoms with E-state index in [0.717, 1.165) is 21.4 Å². The Morgan fingerprint density at radius 3 is 2.87 bits per heavy atom. The molecule has 0 aliphatic carbocycles. The van der Waals surface area contributed by atoms with Crippen LogP contribution < -0.4 is 14.8 Å². The maximum atomic E-state index is 11.0. The van der Waals surface area contributed by atoms with Crippen molar-refractivity contribution in [3.63, 3.8) is 0 Å². The Balaban J connectivity index is 2.60. The van der Waals surface area contributed by atoms with Gasteiger partial charge >= 0.3 is 4.87 Å². The Morgan fingerprint density at radius 2 is 2.27 bits per heavy atom. The molecule has 0 saturated heterocycles. The minimum Gasteiger partial charge on any atom is -0.508 e. The van der Waals surface area contributed by atoms with Crippen LogP contribution in [0.4, 0.5) is 0 Å². The molecule has 15 heavy (non-hydrogen) atoms. The van der Waals surface area contributed by atoms with Gasteiger partial charge in [-0.05, 0) is 23.8 Å². The average molecular weight is 219 g/mol. The first-order valence-corrected chi connectivity index (χ1v) is 5.15. The number of H-pyrrole nitrogens is 1. The van der Waals surface area contributed by atoms with Crippen molar-refractivity contribution in [1.82, 2.24) is 4.98 Å². The third kappa shape index (κ3) is 2.16. The van der Waals surface area contributed by atoms with Gasteiger partial charge in [0.2, 0.25) is 0 Å². The van der Waals surface area contributed by atoms with Gasteiger partial charge in [-0.25, -0.2) is 0 Å². The maximum Gasteiger partial charge on any atom is 0.305 e. The van der Waals surface area contributed by atoms with Crippen molar-refractivity contribution < 1.29 is 5.11 Å². The molecule has 0 atom stereocenters. The molecular weight excluding hydrogens is 210 g/mol. The quantitative estimate of drug-likeness (QED) is 0.728. The number of hydrogen-bond donors (Lipinski definition) is 2. The highest BCUT2D eigenvalue weighted by Crippen LogP contribution is 2.10. The van der Waals surface area contributed by atoms with Crippen molar-refractivity contribution in [3.8, 4) is 5.75 Å². The van der Waals surface area contributed by atoms with Gasteiger partial charge in [-0.15, -0.1) is 0 Å². The normalized spacial score (nSPS) is 11.9. The van der Waals surface area contributed by atoms with Crippen molar-refractivity contribution in [1.29, 1.82) is 0 Å². The second kappa shape index (κ2) is 3.74. The minimum atomic E-state index is -0.119. The van der Waals surface area contributed by atoms with Crippen molar-refractivity contribution in [2.45, 2.75) is 0 Å². The number of benzene rings is 1. The van der Waals surface area contributed by atoms with Gasteiger partial charge < -0.3 is 10.1 Å². The Labute approximate surface area is 89.7 Å². The molecule has 0 radical (unpaired) electrons. The van der Waals surface area contributed by atoms with Gasteiger partial charge in [0.1, 0.15) is 5.75 Å². The lowest BCUT2D eigenvalue weighted by molar-refractivity contribution is 0.475. The molecule has 3 nitrogen and oxygen atoms in total. The lowest BCUT2D eigenvalue weighted by atomic mass is 10.2. The molecule has 0 spiro atoms. The SMILES string of the molecule is C=c1[nH]c(=O)s/c1=C\c1cccc(O)c1. The number of phenols is 1. The second-order valence-corrected chi connectivity index (χ2v) is 4.11. The summed E-state index contributed by atoms with van der Waals surface area (Å²) in [4.78, 5) is 13.5. The Morgan fingerprint density at radius 1 is 1.47 bits per heavy atom. The van der Waals surface area contributed by atoms with Gasteiger partial charge in [-0.2, -0.15) is 0 Å². The Kier molecular flexibility index (Phi) is 2.43. The first-order chi connectivity index (χ1) is 7.15. The number of thiazole rings is 1. The van der Waals surface area contributed by atoms with E-state index in [2.05, 4.69) is 11.6 Å². The van der Waals surface area contributed by atoms with Crippen molar-refractivity contribution >= 4 is 24.0 Å². The third-order valence-corrected chi connectivity index (χ3v) is 2.79. The first-order valence-electron chi connectivity index (χ1n) is 4.34. The smallest absolute Gasteiger partial charge is 0.305 e. The first kappa shape index (κ1) is 9.73. The standard InChI is InChI=1S/C11H9NO2S/c1-7-10(15-11(14)12-7)6-8-3-2-4-9(13)5-8/h2-6,13H,1H2,(H,12,14)/b10-6-. The van der Waals surface area contributed by atoms with Crippen LogP contribution in [0.5, 0.6) is 5.75 Å². The summed E-state index contributed by atoms with van der Waals surface area (Å²) in [6.45, 7) is 3.72. The predicted molar refractivity (Wildman–Crippen MR) is 61.4 cm³/mol. The fraction of sp³-hybridized carbons (Fsp3) is 0. The number of nitrogens with one attached hydrogen (secondary N) is 1. The lowest BCUT2D eigenvalue weighted by Crippen LogP contribution is -2.19. The number of aromatic amines is 1. The highest BCUT2D eigenvalue weighted by molar-refractivity contribution is 7.07. The minimum absolute atomic E-state index is 0.119. The third-order valence-electron chi connectivity index (χ3n) is 1.92. The summed E-state index contributed by atoms with van der Waals surface area (Å²) in [7, 11) is 0. The van der Waals surface area contributed by atoms with Gasteiger partial charge in [-0.1, -0.05) is 30.0 Å². The second-order valence-electron chi connectivity index (χ2n) is 3.10. The molecule has 1 aromatic heterocycles. The number of rotatable bonds is 1. The molecule has 1 heterocycles. The number of aromatic nitrogens is 1. The van der Waals surface area contributed by atoms with Gasteiger partial charge in [0.25, 0.3) is 0 Å². The van der Waals surface area contributed by atoms with E-state index in [0.29, 0.717) is 5.35 Å².